The van der Waals surface area contributed by atoms with E-state index in [-0.39, 0.29) is 22.3 Å². The number of ether oxygens (including phenoxy) is 2. The fourth-order valence-corrected chi connectivity index (χ4v) is 2.72. The minimum Gasteiger partial charge on any atom is -0.495 e. The van der Waals surface area contributed by atoms with Gasteiger partial charge in [-0.2, -0.15) is 0 Å². The molecule has 1 fully saturated rings. The highest BCUT2D eigenvalue weighted by Crippen LogP contribution is 2.29. The molecule has 0 bridgehead atoms. The number of benzene rings is 1. The first kappa shape index (κ1) is 14.1. The third kappa shape index (κ3) is 3.19. The fraction of sp³-hybridized carbons (Fsp3) is 0.417. The zero-order valence-corrected chi connectivity index (χ0v) is 11.8. The summed E-state index contributed by atoms with van der Waals surface area (Å²) in [6, 6.07) is 4.00. The lowest BCUT2D eigenvalue weighted by Crippen LogP contribution is -2.25. The van der Waals surface area contributed by atoms with E-state index in [0.29, 0.717) is 0 Å². The van der Waals surface area contributed by atoms with Gasteiger partial charge in [0.1, 0.15) is 16.7 Å². The standard InChI is InChI=1S/C12H13ClO5S/c1-17-10-6-5-8(7-11(10)19(13,15)16)12(14)18-9-3-2-4-9/h5-7,9H,2-4H2,1H3. The summed E-state index contributed by atoms with van der Waals surface area (Å²) < 4.78 is 32.9. The second-order valence-corrected chi connectivity index (χ2v) is 6.80. The fourth-order valence-electron chi connectivity index (χ4n) is 1.70. The molecule has 0 atom stereocenters. The minimum atomic E-state index is -3.98. The summed E-state index contributed by atoms with van der Waals surface area (Å²) in [5, 5.41) is 0. The topological polar surface area (TPSA) is 69.7 Å². The van der Waals surface area contributed by atoms with E-state index in [0.717, 1.165) is 19.3 Å². The highest BCUT2D eigenvalue weighted by molar-refractivity contribution is 8.13. The number of esters is 1. The van der Waals surface area contributed by atoms with Crippen molar-refractivity contribution in [2.45, 2.75) is 30.3 Å². The summed E-state index contributed by atoms with van der Waals surface area (Å²) in [6.07, 6.45) is 2.68. The molecule has 1 aromatic carbocycles. The van der Waals surface area contributed by atoms with E-state index in [2.05, 4.69) is 0 Å². The lowest BCUT2D eigenvalue weighted by molar-refractivity contribution is 0.00898. The van der Waals surface area contributed by atoms with Crippen molar-refractivity contribution in [1.82, 2.24) is 0 Å². The van der Waals surface area contributed by atoms with Crippen molar-refractivity contribution in [1.29, 1.82) is 0 Å². The number of carbonyl (C=O) groups is 1. The smallest absolute Gasteiger partial charge is 0.338 e. The molecule has 0 amide bonds. The Bertz CT molecular complexity index is 592. The summed E-state index contributed by atoms with van der Waals surface area (Å²) >= 11 is 0. The molecule has 0 N–H and O–H groups in total. The Hall–Kier alpha value is -1.27. The maximum absolute atomic E-state index is 11.8. The van der Waals surface area contributed by atoms with Gasteiger partial charge in [0.25, 0.3) is 9.05 Å². The van der Waals surface area contributed by atoms with Crippen LogP contribution >= 0.6 is 10.7 Å². The van der Waals surface area contributed by atoms with Gasteiger partial charge in [-0.25, -0.2) is 13.2 Å². The Labute approximate surface area is 115 Å². The van der Waals surface area contributed by atoms with Crippen LogP contribution in [0, 0.1) is 0 Å². The third-order valence-corrected chi connectivity index (χ3v) is 4.33. The molecule has 1 aromatic rings. The molecule has 1 aliphatic rings. The second kappa shape index (κ2) is 5.38. The number of hydrogen-bond donors (Lipinski definition) is 0. The van der Waals surface area contributed by atoms with Gasteiger partial charge in [-0.05, 0) is 37.5 Å². The Morgan fingerprint density at radius 3 is 2.53 bits per heavy atom. The highest BCUT2D eigenvalue weighted by Gasteiger charge is 2.24. The van der Waals surface area contributed by atoms with Crippen LogP contribution in [0.4, 0.5) is 0 Å². The number of carbonyl (C=O) groups excluding carboxylic acids is 1. The van der Waals surface area contributed by atoms with E-state index in [9.17, 15) is 13.2 Å². The number of methoxy groups -OCH3 is 1. The molecule has 2 rings (SSSR count). The monoisotopic (exact) mass is 304 g/mol. The van der Waals surface area contributed by atoms with Crippen molar-refractivity contribution in [2.75, 3.05) is 7.11 Å². The van der Waals surface area contributed by atoms with Gasteiger partial charge in [0.05, 0.1) is 12.7 Å². The predicted octanol–water partition coefficient (Wildman–Crippen LogP) is 2.33. The van der Waals surface area contributed by atoms with E-state index in [1.165, 1.54) is 25.3 Å². The van der Waals surface area contributed by atoms with Crippen LogP contribution in [0.2, 0.25) is 0 Å². The molecule has 0 aromatic heterocycles. The van der Waals surface area contributed by atoms with Crippen molar-refractivity contribution in [3.63, 3.8) is 0 Å². The van der Waals surface area contributed by atoms with Gasteiger partial charge < -0.3 is 9.47 Å². The molecule has 0 unspecified atom stereocenters. The molecule has 5 nitrogen and oxygen atoms in total. The average Bonchev–Trinajstić information content (AvgIpc) is 2.31. The quantitative estimate of drug-likeness (QED) is 0.631. The van der Waals surface area contributed by atoms with Crippen LogP contribution in [0.15, 0.2) is 23.1 Å². The average molecular weight is 305 g/mol. The van der Waals surface area contributed by atoms with Crippen LogP contribution < -0.4 is 4.74 Å². The Morgan fingerprint density at radius 1 is 1.37 bits per heavy atom. The van der Waals surface area contributed by atoms with Crippen LogP contribution in [-0.2, 0) is 13.8 Å². The molecule has 0 aliphatic heterocycles. The van der Waals surface area contributed by atoms with E-state index in [1.807, 2.05) is 0 Å². The summed E-state index contributed by atoms with van der Waals surface area (Å²) in [5.74, 6) is -0.455. The van der Waals surface area contributed by atoms with E-state index < -0.39 is 15.0 Å². The summed E-state index contributed by atoms with van der Waals surface area (Å²) in [4.78, 5) is 11.6. The van der Waals surface area contributed by atoms with Crippen molar-refractivity contribution >= 4 is 25.7 Å². The molecule has 7 heteroatoms. The summed E-state index contributed by atoms with van der Waals surface area (Å²) in [6.45, 7) is 0. The minimum absolute atomic E-state index is 0.0642. The number of halogens is 1. The molecule has 0 radical (unpaired) electrons. The second-order valence-electron chi connectivity index (χ2n) is 4.26. The Morgan fingerprint density at radius 2 is 2.05 bits per heavy atom. The third-order valence-electron chi connectivity index (χ3n) is 2.99. The van der Waals surface area contributed by atoms with Crippen LogP contribution in [0.5, 0.6) is 5.75 Å². The molecular formula is C12H13ClO5S. The van der Waals surface area contributed by atoms with Gasteiger partial charge in [0.2, 0.25) is 0 Å². The van der Waals surface area contributed by atoms with Crippen LogP contribution in [0.1, 0.15) is 29.6 Å². The number of rotatable bonds is 4. The lowest BCUT2D eigenvalue weighted by atomic mass is 9.96. The van der Waals surface area contributed by atoms with E-state index in [4.69, 9.17) is 20.2 Å². The molecule has 19 heavy (non-hydrogen) atoms. The summed E-state index contributed by atoms with van der Waals surface area (Å²) in [7, 11) is 2.65. The first-order valence-corrected chi connectivity index (χ1v) is 8.06. The lowest BCUT2D eigenvalue weighted by Gasteiger charge is -2.25. The van der Waals surface area contributed by atoms with Gasteiger partial charge >= 0.3 is 5.97 Å². The van der Waals surface area contributed by atoms with Crippen molar-refractivity contribution in [3.05, 3.63) is 23.8 Å². The molecule has 0 saturated heterocycles. The zero-order chi connectivity index (χ0) is 14.0. The van der Waals surface area contributed by atoms with Gasteiger partial charge in [0.15, 0.2) is 0 Å². The molecular weight excluding hydrogens is 292 g/mol. The van der Waals surface area contributed by atoms with Crippen LogP contribution in [0.3, 0.4) is 0 Å². The van der Waals surface area contributed by atoms with Crippen molar-refractivity contribution in [3.8, 4) is 5.75 Å². The van der Waals surface area contributed by atoms with Crippen LogP contribution in [0.25, 0.3) is 0 Å². The highest BCUT2D eigenvalue weighted by atomic mass is 35.7. The molecule has 1 saturated carbocycles. The first-order chi connectivity index (χ1) is 8.91. The number of hydrogen-bond acceptors (Lipinski definition) is 5. The maximum atomic E-state index is 11.8. The normalized spacial score (nSPS) is 15.7. The largest absolute Gasteiger partial charge is 0.495 e. The molecule has 0 spiro atoms. The van der Waals surface area contributed by atoms with Gasteiger partial charge in [-0.15, -0.1) is 0 Å². The predicted molar refractivity (Wildman–Crippen MR) is 69.1 cm³/mol. The first-order valence-electron chi connectivity index (χ1n) is 5.75. The molecule has 0 heterocycles. The Balaban J connectivity index is 2.29. The summed E-state index contributed by atoms with van der Waals surface area (Å²) in [5.41, 5.74) is 0.145. The Kier molecular flexibility index (Phi) is 4.01. The maximum Gasteiger partial charge on any atom is 0.338 e. The van der Waals surface area contributed by atoms with Gasteiger partial charge in [-0.3, -0.25) is 0 Å². The van der Waals surface area contributed by atoms with Gasteiger partial charge in [0, 0.05) is 10.7 Å². The van der Waals surface area contributed by atoms with E-state index >= 15 is 0 Å². The molecule has 104 valence electrons. The van der Waals surface area contributed by atoms with Crippen molar-refractivity contribution < 1.29 is 22.7 Å². The molecule has 1 aliphatic carbocycles. The SMILES string of the molecule is COc1ccc(C(=O)OC2CCC2)cc1S(=O)(=O)Cl. The van der Waals surface area contributed by atoms with Crippen LogP contribution in [-0.4, -0.2) is 27.6 Å². The van der Waals surface area contributed by atoms with Crippen molar-refractivity contribution in [2.24, 2.45) is 0 Å². The van der Waals surface area contributed by atoms with E-state index in [1.54, 1.807) is 0 Å². The van der Waals surface area contributed by atoms with Gasteiger partial charge in [-0.1, -0.05) is 0 Å². The zero-order valence-electron chi connectivity index (χ0n) is 10.3.